The van der Waals surface area contributed by atoms with Crippen molar-refractivity contribution < 1.29 is 4.52 Å². The summed E-state index contributed by atoms with van der Waals surface area (Å²) in [5.41, 5.74) is 4.50. The first-order chi connectivity index (χ1) is 15.1. The fraction of sp³-hybridized carbons (Fsp3) is 0.130. The van der Waals surface area contributed by atoms with Gasteiger partial charge in [0.15, 0.2) is 5.16 Å². The molecule has 6 nitrogen and oxygen atoms in total. The van der Waals surface area contributed by atoms with Crippen molar-refractivity contribution in [2.24, 2.45) is 0 Å². The van der Waals surface area contributed by atoms with Gasteiger partial charge in [0.05, 0.1) is 22.3 Å². The van der Waals surface area contributed by atoms with E-state index in [1.807, 2.05) is 73.1 Å². The molecule has 31 heavy (non-hydrogen) atoms. The molecule has 0 aliphatic heterocycles. The van der Waals surface area contributed by atoms with E-state index in [1.54, 1.807) is 15.9 Å². The molecule has 0 saturated carbocycles. The van der Waals surface area contributed by atoms with Crippen molar-refractivity contribution in [3.05, 3.63) is 86.7 Å². The van der Waals surface area contributed by atoms with Crippen LogP contribution in [0.5, 0.6) is 0 Å². The second-order valence-corrected chi connectivity index (χ2v) is 8.81. The largest absolute Gasteiger partial charge is 0.338 e. The van der Waals surface area contributed by atoms with Crippen LogP contribution in [-0.4, -0.2) is 19.7 Å². The summed E-state index contributed by atoms with van der Waals surface area (Å²) in [6.07, 6.45) is 0. The Morgan fingerprint density at radius 2 is 1.94 bits per heavy atom. The quantitative estimate of drug-likeness (QED) is 0.266. The van der Waals surface area contributed by atoms with Crippen LogP contribution in [0, 0.1) is 13.8 Å². The lowest BCUT2D eigenvalue weighted by Crippen LogP contribution is -2.22. The Hall–Kier alpha value is -3.23. The van der Waals surface area contributed by atoms with Crippen LogP contribution >= 0.6 is 23.1 Å². The van der Waals surface area contributed by atoms with Crippen molar-refractivity contribution in [2.45, 2.75) is 24.8 Å². The number of hydrogen-bond acceptors (Lipinski definition) is 7. The molecule has 0 saturated heterocycles. The Balaban J connectivity index is 1.57. The van der Waals surface area contributed by atoms with Gasteiger partial charge < -0.3 is 4.52 Å². The van der Waals surface area contributed by atoms with Crippen LogP contribution in [0.25, 0.3) is 28.0 Å². The summed E-state index contributed by atoms with van der Waals surface area (Å²) >= 11 is 2.99. The highest BCUT2D eigenvalue weighted by atomic mass is 32.2. The van der Waals surface area contributed by atoms with E-state index in [1.165, 1.54) is 11.8 Å². The average Bonchev–Trinajstić information content (AvgIpc) is 3.47. The zero-order valence-corrected chi connectivity index (χ0v) is 18.5. The van der Waals surface area contributed by atoms with Crippen LogP contribution < -0.4 is 5.56 Å². The minimum atomic E-state index is -0.0914. The summed E-state index contributed by atoms with van der Waals surface area (Å²) in [4.78, 5) is 22.7. The smallest absolute Gasteiger partial charge is 0.266 e. The Morgan fingerprint density at radius 1 is 1.06 bits per heavy atom. The van der Waals surface area contributed by atoms with Crippen LogP contribution in [0.4, 0.5) is 0 Å². The molecule has 0 N–H and O–H groups in total. The van der Waals surface area contributed by atoms with Crippen molar-refractivity contribution in [3.8, 4) is 17.1 Å². The molecule has 0 bridgehead atoms. The Morgan fingerprint density at radius 3 is 2.77 bits per heavy atom. The number of hydrogen-bond donors (Lipinski definition) is 0. The van der Waals surface area contributed by atoms with E-state index in [-0.39, 0.29) is 5.56 Å². The van der Waals surface area contributed by atoms with Gasteiger partial charge in [-0.25, -0.2) is 4.98 Å². The predicted molar refractivity (Wildman–Crippen MR) is 124 cm³/mol. The molecule has 0 radical (unpaired) electrons. The zero-order chi connectivity index (χ0) is 21.4. The number of aryl methyl sites for hydroxylation is 1. The molecule has 5 rings (SSSR count). The molecular weight excluding hydrogens is 428 g/mol. The lowest BCUT2D eigenvalue weighted by molar-refractivity contribution is 0.391. The topological polar surface area (TPSA) is 73.8 Å². The number of fused-ring (bicyclic) bond motifs is 1. The molecule has 0 unspecified atom stereocenters. The number of thiophene rings is 1. The molecule has 0 fully saturated rings. The van der Waals surface area contributed by atoms with Gasteiger partial charge in [0.25, 0.3) is 5.56 Å². The molecule has 8 heteroatoms. The highest BCUT2D eigenvalue weighted by Gasteiger charge is 2.17. The molecule has 0 atom stereocenters. The fourth-order valence-electron chi connectivity index (χ4n) is 3.35. The van der Waals surface area contributed by atoms with Gasteiger partial charge in [-0.05, 0) is 54.6 Å². The van der Waals surface area contributed by atoms with E-state index in [2.05, 4.69) is 10.1 Å². The number of nitrogens with zero attached hydrogens (tertiary/aromatic N) is 4. The molecule has 154 valence electrons. The van der Waals surface area contributed by atoms with E-state index in [4.69, 9.17) is 9.51 Å². The van der Waals surface area contributed by atoms with Crippen molar-refractivity contribution in [2.75, 3.05) is 0 Å². The summed E-state index contributed by atoms with van der Waals surface area (Å²) in [6.45, 7) is 4.06. The first kappa shape index (κ1) is 19.7. The Bertz CT molecular complexity index is 1440. The summed E-state index contributed by atoms with van der Waals surface area (Å²) in [5.74, 6) is 1.46. The first-order valence-corrected chi connectivity index (χ1v) is 11.6. The van der Waals surface area contributed by atoms with Crippen LogP contribution in [0.1, 0.15) is 17.0 Å². The van der Waals surface area contributed by atoms with Crippen molar-refractivity contribution >= 4 is 34.0 Å². The second kappa shape index (κ2) is 8.13. The molecule has 0 aliphatic carbocycles. The van der Waals surface area contributed by atoms with Gasteiger partial charge in [-0.1, -0.05) is 41.2 Å². The number of thioether (sulfide) groups is 1. The van der Waals surface area contributed by atoms with Gasteiger partial charge in [0.1, 0.15) is 0 Å². The normalized spacial score (nSPS) is 11.3. The molecule has 0 spiro atoms. The van der Waals surface area contributed by atoms with Crippen LogP contribution in [0.2, 0.25) is 0 Å². The SMILES string of the molecule is Cc1cccc(-n2c(SCc3nc(-c4ccsc4)no3)nc3ccccc3c2=O)c1C. The molecule has 3 heterocycles. The highest BCUT2D eigenvalue weighted by molar-refractivity contribution is 7.98. The van der Waals surface area contributed by atoms with Gasteiger partial charge in [-0.3, -0.25) is 9.36 Å². The molecular formula is C23H18N4O2S2. The molecule has 0 aliphatic rings. The van der Waals surface area contributed by atoms with E-state index < -0.39 is 0 Å². The number of aromatic nitrogens is 4. The van der Waals surface area contributed by atoms with E-state index >= 15 is 0 Å². The standard InChI is InChI=1S/C23H18N4O2S2/c1-14-6-5-9-19(15(14)2)27-22(28)17-7-3-4-8-18(17)24-23(27)31-13-20-25-21(26-29-20)16-10-11-30-12-16/h3-12H,13H2,1-2H3. The molecule has 3 aromatic heterocycles. The number of rotatable bonds is 5. The van der Waals surface area contributed by atoms with Gasteiger partial charge in [-0.2, -0.15) is 16.3 Å². The maximum absolute atomic E-state index is 13.4. The molecule has 2 aromatic carbocycles. The van der Waals surface area contributed by atoms with Gasteiger partial charge in [0.2, 0.25) is 11.7 Å². The maximum atomic E-state index is 13.4. The molecule has 5 aromatic rings. The van der Waals surface area contributed by atoms with Gasteiger partial charge in [0, 0.05) is 10.9 Å². The number of benzene rings is 2. The predicted octanol–water partition coefficient (Wildman–Crippen LogP) is 5.41. The van der Waals surface area contributed by atoms with Gasteiger partial charge >= 0.3 is 0 Å². The van der Waals surface area contributed by atoms with Crippen LogP contribution in [-0.2, 0) is 5.75 Å². The van der Waals surface area contributed by atoms with E-state index in [0.717, 1.165) is 22.4 Å². The van der Waals surface area contributed by atoms with Crippen LogP contribution in [0.3, 0.4) is 0 Å². The minimum absolute atomic E-state index is 0.0914. The maximum Gasteiger partial charge on any atom is 0.266 e. The first-order valence-electron chi connectivity index (χ1n) is 9.68. The van der Waals surface area contributed by atoms with Crippen LogP contribution in [0.15, 0.2) is 73.8 Å². The third-order valence-corrected chi connectivity index (χ3v) is 6.74. The minimum Gasteiger partial charge on any atom is -0.338 e. The summed E-state index contributed by atoms with van der Waals surface area (Å²) in [7, 11) is 0. The fourth-order valence-corrected chi connectivity index (χ4v) is 4.83. The number of para-hydroxylation sites is 1. The van der Waals surface area contributed by atoms with Crippen molar-refractivity contribution in [1.82, 2.24) is 19.7 Å². The Labute approximate surface area is 186 Å². The monoisotopic (exact) mass is 446 g/mol. The average molecular weight is 447 g/mol. The highest BCUT2D eigenvalue weighted by Crippen LogP contribution is 2.27. The van der Waals surface area contributed by atoms with E-state index in [0.29, 0.717) is 33.5 Å². The lowest BCUT2D eigenvalue weighted by atomic mass is 10.1. The lowest BCUT2D eigenvalue weighted by Gasteiger charge is -2.15. The second-order valence-electron chi connectivity index (χ2n) is 7.08. The summed E-state index contributed by atoms with van der Waals surface area (Å²) in [5, 5.41) is 9.19. The third kappa shape index (κ3) is 3.68. The zero-order valence-electron chi connectivity index (χ0n) is 16.9. The van der Waals surface area contributed by atoms with Crippen molar-refractivity contribution in [1.29, 1.82) is 0 Å². The molecule has 0 amide bonds. The summed E-state index contributed by atoms with van der Waals surface area (Å²) in [6, 6.07) is 15.3. The Kier molecular flexibility index (Phi) is 5.17. The third-order valence-electron chi connectivity index (χ3n) is 5.13. The van der Waals surface area contributed by atoms with Gasteiger partial charge in [-0.15, -0.1) is 0 Å². The van der Waals surface area contributed by atoms with Crippen molar-refractivity contribution in [3.63, 3.8) is 0 Å². The summed E-state index contributed by atoms with van der Waals surface area (Å²) < 4.78 is 7.11. The van der Waals surface area contributed by atoms with E-state index in [9.17, 15) is 4.79 Å².